The van der Waals surface area contributed by atoms with E-state index in [9.17, 15) is 13.6 Å². The van der Waals surface area contributed by atoms with Crippen LogP contribution >= 0.6 is 11.8 Å². The number of benzene rings is 3. The van der Waals surface area contributed by atoms with Gasteiger partial charge in [0.1, 0.15) is 5.82 Å². The second-order valence-corrected chi connectivity index (χ2v) is 8.83. The van der Waals surface area contributed by atoms with E-state index in [2.05, 4.69) is 20.5 Å². The predicted molar refractivity (Wildman–Crippen MR) is 125 cm³/mol. The van der Waals surface area contributed by atoms with Crippen LogP contribution in [-0.4, -0.2) is 27.6 Å². The van der Waals surface area contributed by atoms with Gasteiger partial charge in [0.25, 0.3) is 11.8 Å². The number of rotatable bonds is 6. The third-order valence-corrected chi connectivity index (χ3v) is 6.22. The lowest BCUT2D eigenvalue weighted by molar-refractivity contribution is -0.00316. The molecule has 3 aromatic carbocycles. The van der Waals surface area contributed by atoms with Crippen molar-refractivity contribution in [3.8, 4) is 0 Å². The van der Waals surface area contributed by atoms with Gasteiger partial charge in [-0.3, -0.25) is 4.79 Å². The summed E-state index contributed by atoms with van der Waals surface area (Å²) in [6, 6.07) is 18.4. The Kier molecular flexibility index (Phi) is 6.37. The second-order valence-electron chi connectivity index (χ2n) is 7.80. The van der Waals surface area contributed by atoms with Gasteiger partial charge in [0.05, 0.1) is 6.54 Å². The van der Waals surface area contributed by atoms with Crippen LogP contribution in [0.15, 0.2) is 70.6 Å². The molecule has 4 aromatic rings. The summed E-state index contributed by atoms with van der Waals surface area (Å²) >= 11 is 1.23. The number of fused-ring (bicyclic) bond motifs is 1. The van der Waals surface area contributed by atoms with E-state index in [4.69, 9.17) is 0 Å². The largest absolute Gasteiger partial charge is 0.344 e. The van der Waals surface area contributed by atoms with Crippen LogP contribution in [-0.2, 0) is 5.92 Å². The highest BCUT2D eigenvalue weighted by Gasteiger charge is 2.34. The summed E-state index contributed by atoms with van der Waals surface area (Å²) in [4.78, 5) is 18.0. The quantitative estimate of drug-likeness (QED) is 0.401. The van der Waals surface area contributed by atoms with E-state index < -0.39 is 18.4 Å². The van der Waals surface area contributed by atoms with Crippen molar-refractivity contribution in [1.82, 2.24) is 20.5 Å². The van der Waals surface area contributed by atoms with Crippen LogP contribution < -0.4 is 5.32 Å². The summed E-state index contributed by atoms with van der Waals surface area (Å²) in [5.41, 5.74) is 1.22. The number of nitrogens with zero attached hydrogens (tertiary/aromatic N) is 3. The molecule has 8 heteroatoms. The van der Waals surface area contributed by atoms with Crippen molar-refractivity contribution in [1.29, 1.82) is 0 Å². The topological polar surface area (TPSA) is 67.8 Å². The van der Waals surface area contributed by atoms with Crippen molar-refractivity contribution < 1.29 is 13.6 Å². The van der Waals surface area contributed by atoms with Gasteiger partial charge in [-0.05, 0) is 43.2 Å². The lowest BCUT2D eigenvalue weighted by Crippen LogP contribution is -2.36. The Morgan fingerprint density at radius 2 is 1.76 bits per heavy atom. The highest BCUT2D eigenvalue weighted by Crippen LogP contribution is 2.34. The minimum atomic E-state index is -3.23. The lowest BCUT2D eigenvalue weighted by atomic mass is 10.0. The molecule has 0 radical (unpaired) electrons. The van der Waals surface area contributed by atoms with Gasteiger partial charge in [0.15, 0.2) is 10.7 Å². The van der Waals surface area contributed by atoms with E-state index in [0.717, 1.165) is 21.2 Å². The summed E-state index contributed by atoms with van der Waals surface area (Å²) in [6.45, 7) is 4.22. The maximum atomic E-state index is 14.9. The zero-order chi connectivity index (χ0) is 23.6. The number of alkyl halides is 2. The molecule has 33 heavy (non-hydrogen) atoms. The van der Waals surface area contributed by atoms with Crippen molar-refractivity contribution in [2.75, 3.05) is 6.54 Å². The van der Waals surface area contributed by atoms with Crippen LogP contribution in [0.4, 0.5) is 8.78 Å². The molecule has 0 fully saturated rings. The fourth-order valence-corrected chi connectivity index (χ4v) is 4.56. The predicted octanol–water partition coefficient (Wildman–Crippen LogP) is 5.62. The fraction of sp³-hybridized carbons (Fsp3) is 0.200. The standard InChI is InChI=1S/C25H22F2N4OS/c1-15-11-12-20(16(2)13-15)25(26,27)14-28-23(32)22-24(31-30-17(3)29-22)33-21-10-6-8-18-7-4-5-9-19(18)21/h4-13H,14H2,1-3H3,(H,28,32). The zero-order valence-electron chi connectivity index (χ0n) is 18.4. The van der Waals surface area contributed by atoms with Crippen molar-refractivity contribution in [3.63, 3.8) is 0 Å². The SMILES string of the molecule is Cc1ccc(C(F)(F)CNC(=O)c2nc(C)nnc2Sc2cccc3ccccc23)c(C)c1. The van der Waals surface area contributed by atoms with Gasteiger partial charge in [0, 0.05) is 10.5 Å². The summed E-state index contributed by atoms with van der Waals surface area (Å²) in [6.07, 6.45) is 0. The first-order valence-corrected chi connectivity index (χ1v) is 11.2. The molecule has 168 valence electrons. The van der Waals surface area contributed by atoms with Crippen LogP contribution in [0.1, 0.15) is 33.0 Å². The summed E-state index contributed by atoms with van der Waals surface area (Å²) in [5, 5.41) is 12.7. The van der Waals surface area contributed by atoms with E-state index in [0.29, 0.717) is 5.56 Å². The smallest absolute Gasteiger partial charge is 0.290 e. The minimum Gasteiger partial charge on any atom is -0.344 e. The monoisotopic (exact) mass is 464 g/mol. The van der Waals surface area contributed by atoms with Gasteiger partial charge in [-0.15, -0.1) is 10.2 Å². The van der Waals surface area contributed by atoms with E-state index >= 15 is 0 Å². The number of nitrogens with one attached hydrogen (secondary N) is 1. The molecule has 0 aliphatic rings. The molecule has 4 rings (SSSR count). The first-order valence-electron chi connectivity index (χ1n) is 10.4. The Morgan fingerprint density at radius 1 is 1.00 bits per heavy atom. The maximum absolute atomic E-state index is 14.9. The summed E-state index contributed by atoms with van der Waals surface area (Å²) < 4.78 is 29.7. The fourth-order valence-electron chi connectivity index (χ4n) is 3.60. The minimum absolute atomic E-state index is 0.0307. The number of halogens is 2. The van der Waals surface area contributed by atoms with Crippen LogP contribution in [0, 0.1) is 20.8 Å². The maximum Gasteiger partial charge on any atom is 0.290 e. The molecule has 1 N–H and O–H groups in total. The molecule has 1 aromatic heterocycles. The molecule has 0 aliphatic carbocycles. The Balaban J connectivity index is 1.59. The van der Waals surface area contributed by atoms with Gasteiger partial charge >= 0.3 is 0 Å². The molecule has 0 aliphatic heterocycles. The third-order valence-electron chi connectivity index (χ3n) is 5.18. The van der Waals surface area contributed by atoms with Gasteiger partial charge in [-0.2, -0.15) is 8.78 Å². The molecular weight excluding hydrogens is 442 g/mol. The molecule has 0 atom stereocenters. The van der Waals surface area contributed by atoms with Crippen molar-refractivity contribution in [3.05, 3.63) is 88.9 Å². The number of aryl methyl sites for hydroxylation is 3. The van der Waals surface area contributed by atoms with E-state index in [1.165, 1.54) is 17.8 Å². The Hall–Kier alpha value is -3.39. The van der Waals surface area contributed by atoms with Crippen LogP contribution in [0.25, 0.3) is 10.8 Å². The average Bonchev–Trinajstić information content (AvgIpc) is 2.78. The summed E-state index contributed by atoms with van der Waals surface area (Å²) in [7, 11) is 0. The number of carbonyl (C=O) groups excluding carboxylic acids is 1. The second kappa shape index (κ2) is 9.23. The Labute approximate surface area is 194 Å². The zero-order valence-corrected chi connectivity index (χ0v) is 19.2. The molecule has 0 saturated heterocycles. The van der Waals surface area contributed by atoms with Gasteiger partial charge in [-0.1, -0.05) is 71.9 Å². The Morgan fingerprint density at radius 3 is 2.55 bits per heavy atom. The van der Waals surface area contributed by atoms with Gasteiger partial charge in [0.2, 0.25) is 0 Å². The van der Waals surface area contributed by atoms with E-state index in [-0.39, 0.29) is 22.1 Å². The first-order chi connectivity index (χ1) is 15.7. The molecule has 1 amide bonds. The van der Waals surface area contributed by atoms with Gasteiger partial charge < -0.3 is 5.32 Å². The van der Waals surface area contributed by atoms with Crippen LogP contribution in [0.5, 0.6) is 0 Å². The third kappa shape index (κ3) is 5.01. The molecule has 0 saturated carbocycles. The number of hydrogen-bond acceptors (Lipinski definition) is 5. The van der Waals surface area contributed by atoms with Crippen LogP contribution in [0.3, 0.4) is 0 Å². The van der Waals surface area contributed by atoms with Crippen molar-refractivity contribution >= 4 is 28.4 Å². The number of aromatic nitrogens is 3. The van der Waals surface area contributed by atoms with Gasteiger partial charge in [-0.25, -0.2) is 4.98 Å². The Bertz CT molecular complexity index is 1340. The van der Waals surface area contributed by atoms with E-state index in [1.807, 2.05) is 49.4 Å². The van der Waals surface area contributed by atoms with Crippen LogP contribution in [0.2, 0.25) is 0 Å². The highest BCUT2D eigenvalue weighted by molar-refractivity contribution is 7.99. The average molecular weight is 465 g/mol. The lowest BCUT2D eigenvalue weighted by Gasteiger charge is -2.20. The van der Waals surface area contributed by atoms with Crippen molar-refractivity contribution in [2.45, 2.75) is 36.6 Å². The van der Waals surface area contributed by atoms with Crippen molar-refractivity contribution in [2.24, 2.45) is 0 Å². The number of hydrogen-bond donors (Lipinski definition) is 1. The molecule has 0 bridgehead atoms. The molecule has 0 spiro atoms. The molecular formula is C25H22F2N4OS. The summed E-state index contributed by atoms with van der Waals surface area (Å²) in [5.74, 6) is -3.67. The number of amides is 1. The van der Waals surface area contributed by atoms with E-state index in [1.54, 1.807) is 26.0 Å². The normalized spacial score (nSPS) is 11.5. The molecule has 0 unspecified atom stereocenters. The number of carbonyl (C=O) groups is 1. The first kappa shape index (κ1) is 22.8. The highest BCUT2D eigenvalue weighted by atomic mass is 32.2. The molecule has 1 heterocycles. The molecule has 5 nitrogen and oxygen atoms in total.